The first-order valence-electron chi connectivity index (χ1n) is 11.5. The molecule has 0 saturated carbocycles. The Labute approximate surface area is 193 Å². The van der Waals surface area contributed by atoms with Gasteiger partial charge in [0, 0.05) is 16.7 Å². The van der Waals surface area contributed by atoms with Gasteiger partial charge in [0.1, 0.15) is 5.60 Å². The molecule has 0 atom stereocenters. The van der Waals surface area contributed by atoms with E-state index in [1.807, 2.05) is 30.3 Å². The summed E-state index contributed by atoms with van der Waals surface area (Å²) in [6.07, 6.45) is 0.956. The van der Waals surface area contributed by atoms with E-state index in [9.17, 15) is 5.11 Å². The molecule has 5 aromatic rings. The molecule has 2 aliphatic rings. The number of rotatable bonds is 2. The molecule has 0 bridgehead atoms. The summed E-state index contributed by atoms with van der Waals surface area (Å²) in [5.41, 5.74) is 11.5. The van der Waals surface area contributed by atoms with Gasteiger partial charge in [-0.25, -0.2) is 0 Å². The van der Waals surface area contributed by atoms with Crippen molar-refractivity contribution in [3.63, 3.8) is 0 Å². The van der Waals surface area contributed by atoms with Crippen LogP contribution in [0.15, 0.2) is 115 Å². The van der Waals surface area contributed by atoms with Crippen molar-refractivity contribution in [2.24, 2.45) is 0 Å². The highest BCUT2D eigenvalue weighted by atomic mass is 16.3. The van der Waals surface area contributed by atoms with Crippen LogP contribution in [0, 0.1) is 0 Å². The van der Waals surface area contributed by atoms with E-state index in [2.05, 4.69) is 84.9 Å². The average Bonchev–Trinajstić information content (AvgIpc) is 3.38. The van der Waals surface area contributed by atoms with Crippen molar-refractivity contribution >= 4 is 0 Å². The summed E-state index contributed by atoms with van der Waals surface area (Å²) in [7, 11) is 0. The van der Waals surface area contributed by atoms with Crippen molar-refractivity contribution in [2.75, 3.05) is 0 Å². The maximum absolute atomic E-state index is 12.4. The van der Waals surface area contributed by atoms with Crippen molar-refractivity contribution in [1.82, 2.24) is 0 Å². The Kier molecular flexibility index (Phi) is 3.82. The van der Waals surface area contributed by atoms with E-state index >= 15 is 0 Å². The predicted octanol–water partition coefficient (Wildman–Crippen LogP) is 7.19. The van der Waals surface area contributed by atoms with Crippen molar-refractivity contribution in [1.29, 1.82) is 0 Å². The lowest BCUT2D eigenvalue weighted by atomic mass is 9.80. The number of fused-ring (bicyclic) bond motifs is 6. The minimum absolute atomic E-state index is 0.929. The highest BCUT2D eigenvalue weighted by Crippen LogP contribution is 2.52. The molecule has 0 unspecified atom stereocenters. The molecule has 0 amide bonds. The molecule has 0 radical (unpaired) electrons. The number of aliphatic hydroxyl groups is 1. The van der Waals surface area contributed by atoms with Crippen molar-refractivity contribution in [2.45, 2.75) is 12.0 Å². The molecule has 0 aromatic heterocycles. The van der Waals surface area contributed by atoms with Gasteiger partial charge in [-0.15, -0.1) is 0 Å². The maximum Gasteiger partial charge on any atom is 0.142 e. The van der Waals surface area contributed by atoms with Gasteiger partial charge in [-0.3, -0.25) is 0 Å². The van der Waals surface area contributed by atoms with Crippen LogP contribution in [0.25, 0.3) is 33.4 Å². The Hall–Kier alpha value is -3.94. The Bertz CT molecular complexity index is 1510. The molecule has 0 spiro atoms. The summed E-state index contributed by atoms with van der Waals surface area (Å²) < 4.78 is 0. The summed E-state index contributed by atoms with van der Waals surface area (Å²) in [5, 5.41) is 12.4. The second-order valence-corrected chi connectivity index (χ2v) is 9.05. The zero-order valence-electron chi connectivity index (χ0n) is 18.1. The molecule has 33 heavy (non-hydrogen) atoms. The predicted molar refractivity (Wildman–Crippen MR) is 134 cm³/mol. The van der Waals surface area contributed by atoms with E-state index in [1.54, 1.807) is 0 Å². The van der Waals surface area contributed by atoms with Gasteiger partial charge in [-0.2, -0.15) is 0 Å². The summed E-state index contributed by atoms with van der Waals surface area (Å²) in [6, 6.07) is 40.2. The largest absolute Gasteiger partial charge is 0.376 e. The lowest BCUT2D eigenvalue weighted by Gasteiger charge is -2.29. The van der Waals surface area contributed by atoms with Gasteiger partial charge in [-0.05, 0) is 50.9 Å². The highest BCUT2D eigenvalue weighted by molar-refractivity contribution is 5.86. The first-order valence-corrected chi connectivity index (χ1v) is 11.5. The minimum atomic E-state index is -1.19. The van der Waals surface area contributed by atoms with E-state index < -0.39 is 5.60 Å². The van der Waals surface area contributed by atoms with Crippen LogP contribution in [0.2, 0.25) is 0 Å². The van der Waals surface area contributed by atoms with Crippen LogP contribution >= 0.6 is 0 Å². The molecule has 1 heteroatoms. The van der Waals surface area contributed by atoms with E-state index in [-0.39, 0.29) is 0 Å². The Balaban J connectivity index is 1.44. The molecular weight excluding hydrogens is 400 g/mol. The zero-order chi connectivity index (χ0) is 22.0. The smallest absolute Gasteiger partial charge is 0.142 e. The third-order valence-electron chi connectivity index (χ3n) is 7.35. The molecule has 0 fully saturated rings. The lowest BCUT2D eigenvalue weighted by Crippen LogP contribution is -2.27. The van der Waals surface area contributed by atoms with Crippen LogP contribution in [0.3, 0.4) is 0 Å². The summed E-state index contributed by atoms with van der Waals surface area (Å²) in [6.45, 7) is 0. The van der Waals surface area contributed by atoms with Gasteiger partial charge >= 0.3 is 0 Å². The highest BCUT2D eigenvalue weighted by Gasteiger charge is 2.44. The molecule has 5 aromatic carbocycles. The molecular formula is C32H22O. The first kappa shape index (κ1) is 18.6. The van der Waals surface area contributed by atoms with Crippen LogP contribution in [-0.2, 0) is 12.0 Å². The molecule has 0 aliphatic heterocycles. The van der Waals surface area contributed by atoms with Crippen molar-refractivity contribution < 1.29 is 5.11 Å². The molecule has 2 aliphatic carbocycles. The van der Waals surface area contributed by atoms with E-state index in [4.69, 9.17) is 0 Å². The summed E-state index contributed by atoms with van der Waals surface area (Å²) in [5.74, 6) is 0. The third-order valence-corrected chi connectivity index (χ3v) is 7.35. The fourth-order valence-electron chi connectivity index (χ4n) is 5.87. The molecule has 1 N–H and O–H groups in total. The topological polar surface area (TPSA) is 20.2 Å². The van der Waals surface area contributed by atoms with E-state index in [0.29, 0.717) is 0 Å². The van der Waals surface area contributed by atoms with Crippen LogP contribution in [0.5, 0.6) is 0 Å². The third kappa shape index (κ3) is 2.51. The van der Waals surface area contributed by atoms with Gasteiger partial charge in [0.2, 0.25) is 0 Å². The second-order valence-electron chi connectivity index (χ2n) is 9.05. The maximum atomic E-state index is 12.4. The number of benzene rings is 5. The molecule has 156 valence electrons. The van der Waals surface area contributed by atoms with Gasteiger partial charge in [-0.1, -0.05) is 115 Å². The van der Waals surface area contributed by atoms with E-state index in [0.717, 1.165) is 45.4 Å². The normalized spacial score (nSPS) is 14.3. The molecule has 7 rings (SSSR count). The Morgan fingerprint density at radius 3 is 1.61 bits per heavy atom. The van der Waals surface area contributed by atoms with Crippen LogP contribution in [-0.4, -0.2) is 5.11 Å². The van der Waals surface area contributed by atoms with Crippen LogP contribution in [0.4, 0.5) is 0 Å². The Morgan fingerprint density at radius 1 is 0.455 bits per heavy atom. The van der Waals surface area contributed by atoms with Crippen molar-refractivity contribution in [3.8, 4) is 33.4 Å². The quantitative estimate of drug-likeness (QED) is 0.313. The lowest BCUT2D eigenvalue weighted by molar-refractivity contribution is 0.131. The Morgan fingerprint density at radius 2 is 0.939 bits per heavy atom. The standard InChI is InChI=1S/C32H22O/c33-32(30-15-7-4-12-27(30)28-13-5-8-16-31(28)32)29-14-6-3-11-26(29)22-17-18-25-23(20-22)19-21-9-1-2-10-24(21)25/h1-18,20,33H,19H2. The molecule has 1 nitrogen and oxygen atoms in total. The number of hydrogen-bond donors (Lipinski definition) is 1. The number of hydrogen-bond acceptors (Lipinski definition) is 1. The van der Waals surface area contributed by atoms with E-state index in [1.165, 1.54) is 22.3 Å². The molecule has 0 saturated heterocycles. The fourth-order valence-corrected chi connectivity index (χ4v) is 5.87. The fraction of sp³-hybridized carbons (Fsp3) is 0.0625. The van der Waals surface area contributed by atoms with Crippen LogP contribution < -0.4 is 0 Å². The zero-order valence-corrected chi connectivity index (χ0v) is 18.1. The van der Waals surface area contributed by atoms with Gasteiger partial charge in [0.15, 0.2) is 0 Å². The average molecular weight is 423 g/mol. The SMILES string of the molecule is OC1(c2ccccc2-c2ccc3c(c2)Cc2ccccc2-3)c2ccccc2-c2ccccc21. The minimum Gasteiger partial charge on any atom is -0.376 e. The van der Waals surface area contributed by atoms with Gasteiger partial charge in [0.05, 0.1) is 0 Å². The monoisotopic (exact) mass is 422 g/mol. The first-order chi connectivity index (χ1) is 16.2. The molecule has 0 heterocycles. The summed E-state index contributed by atoms with van der Waals surface area (Å²) >= 11 is 0. The summed E-state index contributed by atoms with van der Waals surface area (Å²) in [4.78, 5) is 0. The van der Waals surface area contributed by atoms with Crippen molar-refractivity contribution in [3.05, 3.63) is 143 Å². The second kappa shape index (κ2) is 6.78. The van der Waals surface area contributed by atoms with Gasteiger partial charge in [0.25, 0.3) is 0 Å². The van der Waals surface area contributed by atoms with Crippen LogP contribution in [0.1, 0.15) is 27.8 Å². The van der Waals surface area contributed by atoms with Gasteiger partial charge < -0.3 is 5.11 Å².